The highest BCUT2D eigenvalue weighted by molar-refractivity contribution is 5.95. The first-order valence-electron chi connectivity index (χ1n) is 18.3. The molecule has 0 radical (unpaired) electrons. The number of carboxylic acid groups (broad SMARTS) is 2. The van der Waals surface area contributed by atoms with Crippen molar-refractivity contribution in [1.29, 1.82) is 0 Å². The predicted octanol–water partition coefficient (Wildman–Crippen LogP) is 1.47. The third-order valence-electron chi connectivity index (χ3n) is 9.09. The minimum atomic E-state index is -5.08. The number of halogens is 3. The number of nitrogens with two attached hydrogens (primary N) is 3. The van der Waals surface area contributed by atoms with Gasteiger partial charge < -0.3 is 48.3 Å². The number of likely N-dealkylation sites (tertiary alicyclic amines) is 1. The first-order chi connectivity index (χ1) is 26.3. The van der Waals surface area contributed by atoms with Gasteiger partial charge in [-0.05, 0) is 68.5 Å². The summed E-state index contributed by atoms with van der Waals surface area (Å²) in [6.45, 7) is 4.53. The minimum absolute atomic E-state index is 0.000286. The topological polar surface area (TPSA) is 260 Å². The van der Waals surface area contributed by atoms with Gasteiger partial charge >= 0.3 is 18.1 Å². The van der Waals surface area contributed by atoms with Crippen molar-refractivity contribution in [2.24, 2.45) is 23.1 Å². The van der Waals surface area contributed by atoms with E-state index in [1.807, 2.05) is 74.5 Å². The van der Waals surface area contributed by atoms with Gasteiger partial charge in [-0.2, -0.15) is 13.2 Å². The summed E-state index contributed by atoms with van der Waals surface area (Å²) in [5, 5.41) is 25.1. The number of benzene rings is 2. The van der Waals surface area contributed by atoms with Crippen molar-refractivity contribution in [3.05, 3.63) is 71.8 Å². The molecular formula is C38H54F3N7O8. The number of aliphatic carboxylic acids is 2. The Balaban J connectivity index is 0.00000141. The van der Waals surface area contributed by atoms with Gasteiger partial charge in [-0.3, -0.25) is 24.0 Å². The lowest BCUT2D eigenvalue weighted by Crippen LogP contribution is -2.60. The van der Waals surface area contributed by atoms with Crippen molar-refractivity contribution < 1.29 is 52.2 Å². The van der Waals surface area contributed by atoms with Crippen LogP contribution in [0.15, 0.2) is 60.7 Å². The fourth-order valence-corrected chi connectivity index (χ4v) is 5.86. The number of amides is 4. The SMILES string of the molecule is CC(C)C[C@@H](NC(=O)[C@H](Cc1ccccc1)NC(=O)[C@H](N)Cc1ccccc1)C(=O)N[C@H](CCCCN)C(=O)N1CCC(N)(C(=O)O)CC1.O=C(O)C(F)(F)F. The molecule has 0 spiro atoms. The van der Waals surface area contributed by atoms with Gasteiger partial charge in [0.05, 0.1) is 6.04 Å². The Morgan fingerprint density at radius 1 is 0.768 bits per heavy atom. The predicted molar refractivity (Wildman–Crippen MR) is 200 cm³/mol. The van der Waals surface area contributed by atoms with Crippen molar-refractivity contribution in [3.8, 4) is 0 Å². The van der Waals surface area contributed by atoms with Crippen LogP contribution in [0.4, 0.5) is 13.2 Å². The molecule has 1 aliphatic rings. The van der Waals surface area contributed by atoms with E-state index < -0.39 is 65.5 Å². The minimum Gasteiger partial charge on any atom is -0.480 e. The standard InChI is InChI=1S/C36H53N7O6.C2HF3O2/c1-24(2)21-29(32(45)40-28(15-9-10-18-37)34(47)43-19-16-36(39,17-20-43)35(48)49)42-33(46)30(23-26-13-7-4-8-14-26)41-31(44)27(38)22-25-11-5-3-6-12-25;3-2(4,5)1(6)7/h3-8,11-14,24,27-30H,9-10,15-23,37-39H2,1-2H3,(H,40,45)(H,41,44)(H,42,46)(H,48,49);(H,6,7)/t27-,28-,29-,30+;/m1./s1. The van der Waals surface area contributed by atoms with Crippen molar-refractivity contribution in [1.82, 2.24) is 20.9 Å². The van der Waals surface area contributed by atoms with Gasteiger partial charge in [0, 0.05) is 19.5 Å². The number of alkyl halides is 3. The van der Waals surface area contributed by atoms with Crippen LogP contribution >= 0.6 is 0 Å². The Morgan fingerprint density at radius 3 is 1.70 bits per heavy atom. The highest BCUT2D eigenvalue weighted by Crippen LogP contribution is 2.21. The second kappa shape index (κ2) is 22.5. The Hall–Kier alpha value is -5.07. The van der Waals surface area contributed by atoms with Gasteiger partial charge in [0.15, 0.2) is 0 Å². The van der Waals surface area contributed by atoms with Gasteiger partial charge in [0.2, 0.25) is 23.6 Å². The van der Waals surface area contributed by atoms with E-state index in [0.29, 0.717) is 25.8 Å². The van der Waals surface area contributed by atoms with Crippen LogP contribution in [0.25, 0.3) is 0 Å². The van der Waals surface area contributed by atoms with E-state index in [9.17, 15) is 42.3 Å². The molecule has 0 aliphatic carbocycles. The molecule has 18 heteroatoms. The zero-order valence-electron chi connectivity index (χ0n) is 31.6. The quantitative estimate of drug-likeness (QED) is 0.100. The average Bonchev–Trinajstić information content (AvgIpc) is 3.14. The Kier molecular flexibility index (Phi) is 18.9. The molecular weight excluding hydrogens is 739 g/mol. The molecule has 2 aromatic rings. The number of nitrogens with one attached hydrogen (secondary N) is 3. The summed E-state index contributed by atoms with van der Waals surface area (Å²) in [5.74, 6) is -5.79. The second-order valence-electron chi connectivity index (χ2n) is 14.2. The first kappa shape index (κ1) is 47.1. The Labute approximate surface area is 323 Å². The van der Waals surface area contributed by atoms with Crippen molar-refractivity contribution in [2.75, 3.05) is 19.6 Å². The summed E-state index contributed by atoms with van der Waals surface area (Å²) in [6, 6.07) is 14.7. The molecule has 1 aliphatic heterocycles. The number of carboxylic acids is 2. The summed E-state index contributed by atoms with van der Waals surface area (Å²) < 4.78 is 31.7. The number of nitrogens with zero attached hydrogens (tertiary/aromatic N) is 1. The lowest BCUT2D eigenvalue weighted by molar-refractivity contribution is -0.192. The van der Waals surface area contributed by atoms with Crippen molar-refractivity contribution in [2.45, 2.75) is 101 Å². The van der Waals surface area contributed by atoms with Crippen LogP contribution in [0.3, 0.4) is 0 Å². The fourth-order valence-electron chi connectivity index (χ4n) is 5.86. The molecule has 0 unspecified atom stereocenters. The van der Waals surface area contributed by atoms with E-state index in [1.54, 1.807) is 0 Å². The van der Waals surface area contributed by atoms with Crippen LogP contribution in [-0.4, -0.2) is 106 Å². The number of hydrogen-bond acceptors (Lipinski definition) is 9. The highest BCUT2D eigenvalue weighted by atomic mass is 19.4. The third-order valence-corrected chi connectivity index (χ3v) is 9.09. The maximum Gasteiger partial charge on any atom is 0.490 e. The van der Waals surface area contributed by atoms with Crippen LogP contribution < -0.4 is 33.2 Å². The largest absolute Gasteiger partial charge is 0.490 e. The molecule has 4 amide bonds. The number of carbonyl (C=O) groups excluding carboxylic acids is 4. The van der Waals surface area contributed by atoms with Gasteiger partial charge in [-0.1, -0.05) is 74.5 Å². The smallest absolute Gasteiger partial charge is 0.480 e. The van der Waals surface area contributed by atoms with E-state index >= 15 is 0 Å². The van der Waals surface area contributed by atoms with Crippen molar-refractivity contribution >= 4 is 35.6 Å². The Bertz CT molecular complexity index is 1590. The van der Waals surface area contributed by atoms with Crippen LogP contribution in [0, 0.1) is 5.92 Å². The fraction of sp³-hybridized carbons (Fsp3) is 0.526. The second-order valence-corrected chi connectivity index (χ2v) is 14.2. The van der Waals surface area contributed by atoms with E-state index in [1.165, 1.54) is 4.90 Å². The van der Waals surface area contributed by atoms with Crippen LogP contribution in [0.1, 0.15) is 63.5 Å². The molecule has 310 valence electrons. The molecule has 1 fully saturated rings. The summed E-state index contributed by atoms with van der Waals surface area (Å²) in [7, 11) is 0. The van der Waals surface area contributed by atoms with Gasteiger partial charge in [-0.15, -0.1) is 0 Å². The molecule has 15 nitrogen and oxygen atoms in total. The molecule has 2 aromatic carbocycles. The Morgan fingerprint density at radius 2 is 1.23 bits per heavy atom. The maximum absolute atomic E-state index is 13.9. The molecule has 1 saturated heterocycles. The molecule has 56 heavy (non-hydrogen) atoms. The summed E-state index contributed by atoms with van der Waals surface area (Å²) in [4.78, 5) is 76.6. The summed E-state index contributed by atoms with van der Waals surface area (Å²) >= 11 is 0. The van der Waals surface area contributed by atoms with Crippen LogP contribution in [-0.2, 0) is 41.6 Å². The number of carbonyl (C=O) groups is 6. The zero-order chi connectivity index (χ0) is 42.1. The summed E-state index contributed by atoms with van der Waals surface area (Å²) in [6.07, 6.45) is -2.64. The molecule has 1 heterocycles. The third kappa shape index (κ3) is 16.0. The number of piperidine rings is 1. The lowest BCUT2D eigenvalue weighted by Gasteiger charge is -2.38. The monoisotopic (exact) mass is 793 g/mol. The number of rotatable bonds is 18. The highest BCUT2D eigenvalue weighted by Gasteiger charge is 2.41. The first-order valence-corrected chi connectivity index (χ1v) is 18.3. The van der Waals surface area contributed by atoms with Crippen LogP contribution in [0.2, 0.25) is 0 Å². The molecule has 4 atom stereocenters. The van der Waals surface area contributed by atoms with Crippen molar-refractivity contribution in [3.63, 3.8) is 0 Å². The number of hydrogen-bond donors (Lipinski definition) is 8. The van der Waals surface area contributed by atoms with E-state index in [2.05, 4.69) is 16.0 Å². The number of unbranched alkanes of at least 4 members (excludes halogenated alkanes) is 1. The van der Waals surface area contributed by atoms with Gasteiger partial charge in [0.25, 0.3) is 0 Å². The molecule has 0 bridgehead atoms. The van der Waals surface area contributed by atoms with Gasteiger partial charge in [-0.25, -0.2) is 4.79 Å². The average molecular weight is 794 g/mol. The summed E-state index contributed by atoms with van der Waals surface area (Å²) in [5.41, 5.74) is 18.2. The zero-order valence-corrected chi connectivity index (χ0v) is 31.6. The molecule has 11 N–H and O–H groups in total. The lowest BCUT2D eigenvalue weighted by atomic mass is 9.88. The maximum atomic E-state index is 13.9. The van der Waals surface area contributed by atoms with E-state index in [4.69, 9.17) is 27.1 Å². The van der Waals surface area contributed by atoms with Crippen LogP contribution in [0.5, 0.6) is 0 Å². The van der Waals surface area contributed by atoms with E-state index in [0.717, 1.165) is 11.1 Å². The van der Waals surface area contributed by atoms with Gasteiger partial charge in [0.1, 0.15) is 23.7 Å². The molecule has 3 rings (SSSR count). The molecule has 0 aromatic heterocycles. The van der Waals surface area contributed by atoms with E-state index in [-0.39, 0.29) is 57.0 Å². The molecule has 0 saturated carbocycles. The normalized spacial score (nSPS) is 15.9.